The number of nitrogens with zero attached hydrogens (tertiary/aromatic N) is 1. The van der Waals surface area contributed by atoms with E-state index in [1.807, 2.05) is 6.92 Å². The number of hydrogen-bond acceptors (Lipinski definition) is 3. The zero-order valence-corrected chi connectivity index (χ0v) is 12.1. The molecule has 0 radical (unpaired) electrons. The van der Waals surface area contributed by atoms with Gasteiger partial charge in [-0.3, -0.25) is 4.72 Å². The van der Waals surface area contributed by atoms with Gasteiger partial charge in [-0.2, -0.15) is 8.42 Å². The minimum atomic E-state index is -3.67. The van der Waals surface area contributed by atoms with Crippen molar-refractivity contribution in [1.29, 1.82) is 0 Å². The number of rotatable bonds is 4. The van der Waals surface area contributed by atoms with Gasteiger partial charge in [-0.15, -0.1) is 0 Å². The first-order chi connectivity index (χ1) is 8.92. The Morgan fingerprint density at radius 2 is 2.16 bits per heavy atom. The van der Waals surface area contributed by atoms with Crippen LogP contribution in [0.25, 0.3) is 0 Å². The number of aromatic nitrogens is 2. The summed E-state index contributed by atoms with van der Waals surface area (Å²) in [6.45, 7) is 3.70. The van der Waals surface area contributed by atoms with Crippen LogP contribution in [0.15, 0.2) is 29.4 Å². The van der Waals surface area contributed by atoms with Crippen LogP contribution in [0.2, 0.25) is 5.02 Å². The number of hydrogen-bond donors (Lipinski definition) is 2. The third-order valence-electron chi connectivity index (χ3n) is 2.67. The standard InChI is InChI=1S/C12H14ClN3O2S/c1-3-11-14-7-12(15-11)19(17,18)16-10-6-9(13)5-4-8(10)2/h4-7,16H,3H2,1-2H3,(H,14,15). The minimum absolute atomic E-state index is 0.0451. The number of nitrogens with one attached hydrogen (secondary N) is 2. The second-order valence-corrected chi connectivity index (χ2v) is 6.20. The van der Waals surface area contributed by atoms with Crippen LogP contribution in [0.4, 0.5) is 5.69 Å². The number of benzene rings is 1. The normalized spacial score (nSPS) is 11.5. The Bertz CT molecular complexity index is 695. The van der Waals surface area contributed by atoms with E-state index in [-0.39, 0.29) is 5.03 Å². The predicted molar refractivity (Wildman–Crippen MR) is 75.0 cm³/mol. The lowest BCUT2D eigenvalue weighted by atomic mass is 10.2. The number of halogens is 1. The summed E-state index contributed by atoms with van der Waals surface area (Å²) in [6, 6.07) is 5.04. The van der Waals surface area contributed by atoms with E-state index in [1.165, 1.54) is 6.20 Å². The van der Waals surface area contributed by atoms with Crippen molar-refractivity contribution in [3.05, 3.63) is 40.8 Å². The van der Waals surface area contributed by atoms with Crippen LogP contribution in [0.5, 0.6) is 0 Å². The summed E-state index contributed by atoms with van der Waals surface area (Å²) in [5, 5.41) is 0.519. The van der Waals surface area contributed by atoms with E-state index in [4.69, 9.17) is 11.6 Å². The van der Waals surface area contributed by atoms with E-state index >= 15 is 0 Å². The van der Waals surface area contributed by atoms with Crippen molar-refractivity contribution in [2.75, 3.05) is 4.72 Å². The Balaban J connectivity index is 2.33. The van der Waals surface area contributed by atoms with Gasteiger partial charge in [-0.1, -0.05) is 24.6 Å². The highest BCUT2D eigenvalue weighted by Crippen LogP contribution is 2.22. The molecule has 0 aliphatic heterocycles. The topological polar surface area (TPSA) is 74.8 Å². The second-order valence-electron chi connectivity index (χ2n) is 4.11. The summed E-state index contributed by atoms with van der Waals surface area (Å²) in [6.07, 6.45) is 1.95. The molecular weight excluding hydrogens is 286 g/mol. The van der Waals surface area contributed by atoms with Gasteiger partial charge < -0.3 is 4.98 Å². The maximum atomic E-state index is 12.2. The zero-order chi connectivity index (χ0) is 14.0. The summed E-state index contributed by atoms with van der Waals surface area (Å²) in [5.74, 6) is 0.628. The molecule has 0 fully saturated rings. The molecule has 7 heteroatoms. The monoisotopic (exact) mass is 299 g/mol. The number of H-pyrrole nitrogens is 1. The molecule has 1 aromatic carbocycles. The summed E-state index contributed by atoms with van der Waals surface area (Å²) in [4.78, 5) is 6.74. The second kappa shape index (κ2) is 5.22. The molecule has 5 nitrogen and oxygen atoms in total. The van der Waals surface area contributed by atoms with E-state index in [9.17, 15) is 8.42 Å². The summed E-state index contributed by atoms with van der Waals surface area (Å²) in [5.41, 5.74) is 1.25. The van der Waals surface area contributed by atoms with Crippen molar-refractivity contribution in [3.8, 4) is 0 Å². The van der Waals surface area contributed by atoms with E-state index in [0.29, 0.717) is 23.0 Å². The number of sulfonamides is 1. The molecule has 0 unspecified atom stereocenters. The Morgan fingerprint density at radius 1 is 1.42 bits per heavy atom. The van der Waals surface area contributed by atoms with E-state index in [2.05, 4.69) is 14.7 Å². The fourth-order valence-corrected chi connectivity index (χ4v) is 2.80. The van der Waals surface area contributed by atoms with Gasteiger partial charge in [0, 0.05) is 11.4 Å². The van der Waals surface area contributed by atoms with Crippen LogP contribution in [0.3, 0.4) is 0 Å². The number of imidazole rings is 1. The van der Waals surface area contributed by atoms with Crippen molar-refractivity contribution in [2.24, 2.45) is 0 Å². The van der Waals surface area contributed by atoms with Crippen molar-refractivity contribution < 1.29 is 8.42 Å². The van der Waals surface area contributed by atoms with E-state index in [0.717, 1.165) is 5.56 Å². The molecule has 0 amide bonds. The third-order valence-corrected chi connectivity index (χ3v) is 4.18. The lowest BCUT2D eigenvalue weighted by molar-refractivity contribution is 0.598. The van der Waals surface area contributed by atoms with Crippen LogP contribution in [-0.4, -0.2) is 18.4 Å². The van der Waals surface area contributed by atoms with Gasteiger partial charge in [-0.05, 0) is 24.6 Å². The lowest BCUT2D eigenvalue weighted by Crippen LogP contribution is -2.14. The van der Waals surface area contributed by atoms with Crippen LogP contribution < -0.4 is 4.72 Å². The SMILES string of the molecule is CCc1ncc(S(=O)(=O)Nc2cc(Cl)ccc2C)[nH]1. The van der Waals surface area contributed by atoms with Crippen LogP contribution in [0, 0.1) is 6.92 Å². The molecule has 0 saturated carbocycles. The van der Waals surface area contributed by atoms with Crippen LogP contribution in [-0.2, 0) is 16.4 Å². The summed E-state index contributed by atoms with van der Waals surface area (Å²) >= 11 is 5.86. The smallest absolute Gasteiger partial charge is 0.278 e. The highest BCUT2D eigenvalue weighted by atomic mass is 35.5. The Hall–Kier alpha value is -1.53. The largest absolute Gasteiger partial charge is 0.332 e. The molecule has 1 aromatic heterocycles. The molecule has 0 saturated heterocycles. The highest BCUT2D eigenvalue weighted by molar-refractivity contribution is 7.92. The molecule has 2 aromatic rings. The Labute approximate surface area is 117 Å². The van der Waals surface area contributed by atoms with Crippen molar-refractivity contribution in [1.82, 2.24) is 9.97 Å². The molecule has 19 heavy (non-hydrogen) atoms. The average Bonchev–Trinajstić information content (AvgIpc) is 2.83. The third kappa shape index (κ3) is 3.08. The highest BCUT2D eigenvalue weighted by Gasteiger charge is 2.18. The fraction of sp³-hybridized carbons (Fsp3) is 0.250. The molecule has 0 bridgehead atoms. The Morgan fingerprint density at radius 3 is 2.79 bits per heavy atom. The molecule has 0 aliphatic rings. The molecule has 0 spiro atoms. The molecule has 0 atom stereocenters. The number of anilines is 1. The molecule has 2 N–H and O–H groups in total. The van der Waals surface area contributed by atoms with Gasteiger partial charge in [0.1, 0.15) is 5.82 Å². The molecule has 1 heterocycles. The van der Waals surface area contributed by atoms with Gasteiger partial charge in [0.05, 0.1) is 11.9 Å². The van der Waals surface area contributed by atoms with Gasteiger partial charge >= 0.3 is 0 Å². The van der Waals surface area contributed by atoms with E-state index < -0.39 is 10.0 Å². The first-order valence-corrected chi connectivity index (χ1v) is 7.61. The molecular formula is C12H14ClN3O2S. The fourth-order valence-electron chi connectivity index (χ4n) is 1.56. The maximum absolute atomic E-state index is 12.2. The number of aromatic amines is 1. The number of aryl methyl sites for hydroxylation is 2. The predicted octanol–water partition coefficient (Wildman–Crippen LogP) is 2.73. The van der Waals surface area contributed by atoms with Crippen LogP contribution in [0.1, 0.15) is 18.3 Å². The zero-order valence-electron chi connectivity index (χ0n) is 10.6. The average molecular weight is 300 g/mol. The van der Waals surface area contributed by atoms with Crippen molar-refractivity contribution in [2.45, 2.75) is 25.3 Å². The van der Waals surface area contributed by atoms with Gasteiger partial charge in [0.25, 0.3) is 10.0 Å². The van der Waals surface area contributed by atoms with E-state index in [1.54, 1.807) is 25.1 Å². The van der Waals surface area contributed by atoms with Crippen molar-refractivity contribution in [3.63, 3.8) is 0 Å². The lowest BCUT2D eigenvalue weighted by Gasteiger charge is -2.09. The van der Waals surface area contributed by atoms with Gasteiger partial charge in [-0.25, -0.2) is 4.98 Å². The first-order valence-electron chi connectivity index (χ1n) is 5.75. The van der Waals surface area contributed by atoms with Crippen molar-refractivity contribution >= 4 is 27.3 Å². The maximum Gasteiger partial charge on any atom is 0.278 e. The first kappa shape index (κ1) is 13.9. The molecule has 102 valence electrons. The summed E-state index contributed by atoms with van der Waals surface area (Å²) in [7, 11) is -3.67. The van der Waals surface area contributed by atoms with Crippen LogP contribution >= 0.6 is 11.6 Å². The quantitative estimate of drug-likeness (QED) is 0.911. The molecule has 2 rings (SSSR count). The van der Waals surface area contributed by atoms with Gasteiger partial charge in [0.15, 0.2) is 5.03 Å². The molecule has 0 aliphatic carbocycles. The Kier molecular flexibility index (Phi) is 3.82. The van der Waals surface area contributed by atoms with Gasteiger partial charge in [0.2, 0.25) is 0 Å². The minimum Gasteiger partial charge on any atom is -0.332 e. The summed E-state index contributed by atoms with van der Waals surface area (Å²) < 4.78 is 26.8.